The number of anilines is 1. The number of benzene rings is 2. The maximum Gasteiger partial charge on any atom is 0.270 e. The third-order valence-electron chi connectivity index (χ3n) is 3.53. The van der Waals surface area contributed by atoms with E-state index in [1.807, 2.05) is 0 Å². The zero-order valence-electron chi connectivity index (χ0n) is 12.3. The molecule has 1 heterocycles. The van der Waals surface area contributed by atoms with Crippen LogP contribution >= 0.6 is 23.2 Å². The summed E-state index contributed by atoms with van der Waals surface area (Å²) in [6.45, 7) is 0. The lowest BCUT2D eigenvalue weighted by Crippen LogP contribution is -2.34. The van der Waals surface area contributed by atoms with Gasteiger partial charge in [-0.15, -0.1) is 0 Å². The minimum atomic E-state index is -0.900. The molecule has 0 spiro atoms. The van der Waals surface area contributed by atoms with E-state index in [0.29, 0.717) is 31.7 Å². The molecule has 1 unspecified atom stereocenters. The molecular formula is C17H12Cl2N3O2. The molecular weight excluding hydrogens is 349 g/mol. The van der Waals surface area contributed by atoms with Crippen molar-refractivity contribution >= 4 is 53.0 Å². The predicted octanol–water partition coefficient (Wildman–Crippen LogP) is 1.29. The molecule has 24 heavy (non-hydrogen) atoms. The standard InChI is InChI=1S/C17H12Cl2N3O2/c18-12-3-1-2-9(4-12)16(20)17(24)22-14-6-10-7-15(23)21-8-11(10)5-13(14)19/h1-8,16H,20H2,(H,22,24). The molecule has 0 aliphatic carbocycles. The summed E-state index contributed by atoms with van der Waals surface area (Å²) in [5.41, 5.74) is 6.93. The molecule has 0 fully saturated rings. The summed E-state index contributed by atoms with van der Waals surface area (Å²) in [7, 11) is 0. The molecule has 2 aromatic rings. The molecule has 5 nitrogen and oxygen atoms in total. The first-order valence-corrected chi connectivity index (χ1v) is 7.78. The van der Waals surface area contributed by atoms with Gasteiger partial charge >= 0.3 is 0 Å². The van der Waals surface area contributed by atoms with Gasteiger partial charge in [0, 0.05) is 22.5 Å². The van der Waals surface area contributed by atoms with E-state index in [0.717, 1.165) is 0 Å². The molecule has 0 saturated carbocycles. The number of hydrogen-bond acceptors (Lipinski definition) is 3. The molecule has 1 aliphatic rings. The lowest BCUT2D eigenvalue weighted by atomic mass is 10.1. The van der Waals surface area contributed by atoms with E-state index in [1.165, 1.54) is 12.3 Å². The van der Waals surface area contributed by atoms with Crippen molar-refractivity contribution < 1.29 is 9.59 Å². The van der Waals surface area contributed by atoms with Gasteiger partial charge in [0.15, 0.2) is 0 Å². The first-order valence-electron chi connectivity index (χ1n) is 7.02. The van der Waals surface area contributed by atoms with E-state index in [1.54, 1.807) is 36.4 Å². The quantitative estimate of drug-likeness (QED) is 0.864. The van der Waals surface area contributed by atoms with Gasteiger partial charge in [0.05, 0.1) is 10.7 Å². The highest BCUT2D eigenvalue weighted by molar-refractivity contribution is 6.33. The van der Waals surface area contributed by atoms with Crippen LogP contribution in [0.4, 0.5) is 5.69 Å². The first-order chi connectivity index (χ1) is 11.4. The van der Waals surface area contributed by atoms with Crippen molar-refractivity contribution in [2.45, 2.75) is 6.04 Å². The van der Waals surface area contributed by atoms with Crippen LogP contribution in [0.5, 0.6) is 0 Å². The minimum Gasteiger partial charge on any atom is -0.323 e. The molecule has 2 aromatic carbocycles. The van der Waals surface area contributed by atoms with Crippen molar-refractivity contribution in [2.24, 2.45) is 5.73 Å². The van der Waals surface area contributed by atoms with Crippen LogP contribution in [0, 0.1) is 0 Å². The van der Waals surface area contributed by atoms with Crippen molar-refractivity contribution in [1.82, 2.24) is 5.32 Å². The van der Waals surface area contributed by atoms with Gasteiger partial charge in [-0.2, -0.15) is 0 Å². The Morgan fingerprint density at radius 2 is 1.96 bits per heavy atom. The molecule has 0 aromatic heterocycles. The number of nitrogens with two attached hydrogens (primary N) is 1. The molecule has 2 amide bonds. The Hall–Kier alpha value is -2.34. The normalized spacial score (nSPS) is 13.9. The van der Waals surface area contributed by atoms with E-state index in [2.05, 4.69) is 10.6 Å². The third-order valence-corrected chi connectivity index (χ3v) is 4.08. The Bertz CT molecular complexity index is 957. The molecule has 1 radical (unpaired) electrons. The Balaban J connectivity index is 1.89. The molecule has 3 N–H and O–H groups in total. The minimum absolute atomic E-state index is 0.328. The van der Waals surface area contributed by atoms with Crippen LogP contribution in [0.2, 0.25) is 10.0 Å². The average Bonchev–Trinajstić information content (AvgIpc) is 2.55. The van der Waals surface area contributed by atoms with Crippen molar-refractivity contribution in [3.63, 3.8) is 0 Å². The van der Waals surface area contributed by atoms with Gasteiger partial charge in [-0.05, 0) is 35.0 Å². The largest absolute Gasteiger partial charge is 0.323 e. The van der Waals surface area contributed by atoms with Crippen molar-refractivity contribution in [3.8, 4) is 0 Å². The van der Waals surface area contributed by atoms with Gasteiger partial charge in [0.25, 0.3) is 5.91 Å². The Morgan fingerprint density at radius 3 is 2.71 bits per heavy atom. The van der Waals surface area contributed by atoms with E-state index < -0.39 is 11.9 Å². The summed E-state index contributed by atoms with van der Waals surface area (Å²) in [5, 5.41) is 8.52. The molecule has 3 rings (SSSR count). The van der Waals surface area contributed by atoms with Gasteiger partial charge in [0.1, 0.15) is 6.04 Å². The number of rotatable bonds is 3. The monoisotopic (exact) mass is 360 g/mol. The van der Waals surface area contributed by atoms with Crippen molar-refractivity contribution in [3.05, 3.63) is 62.4 Å². The van der Waals surface area contributed by atoms with Crippen LogP contribution in [0.15, 0.2) is 36.4 Å². The Labute approximate surface area is 147 Å². The van der Waals surface area contributed by atoms with Gasteiger partial charge in [-0.1, -0.05) is 35.3 Å². The van der Waals surface area contributed by atoms with Crippen LogP contribution in [0.3, 0.4) is 0 Å². The zero-order valence-corrected chi connectivity index (χ0v) is 13.8. The van der Waals surface area contributed by atoms with Crippen LogP contribution < -0.4 is 26.8 Å². The molecule has 7 heteroatoms. The van der Waals surface area contributed by atoms with Gasteiger partial charge in [-0.3, -0.25) is 9.59 Å². The van der Waals surface area contributed by atoms with Gasteiger partial charge in [-0.25, -0.2) is 5.32 Å². The maximum atomic E-state index is 12.4. The highest BCUT2D eigenvalue weighted by Crippen LogP contribution is 2.21. The zero-order chi connectivity index (χ0) is 17.3. The average molecular weight is 361 g/mol. The Kier molecular flexibility index (Phi) is 4.57. The summed E-state index contributed by atoms with van der Waals surface area (Å²) in [6, 6.07) is 9.10. The van der Waals surface area contributed by atoms with Crippen molar-refractivity contribution in [2.75, 3.05) is 5.32 Å². The number of hydrogen-bond donors (Lipinski definition) is 2. The van der Waals surface area contributed by atoms with E-state index in [-0.39, 0.29) is 5.91 Å². The van der Waals surface area contributed by atoms with E-state index >= 15 is 0 Å². The molecule has 121 valence electrons. The van der Waals surface area contributed by atoms with E-state index in [9.17, 15) is 9.59 Å². The smallest absolute Gasteiger partial charge is 0.270 e. The number of amides is 2. The number of halogens is 2. The summed E-state index contributed by atoms with van der Waals surface area (Å²) in [4.78, 5) is 23.7. The third kappa shape index (κ3) is 3.43. The second kappa shape index (κ2) is 6.65. The summed E-state index contributed by atoms with van der Waals surface area (Å²) in [6.07, 6.45) is 2.81. The fraction of sp³-hybridized carbons (Fsp3) is 0.0588. The predicted molar refractivity (Wildman–Crippen MR) is 93.8 cm³/mol. The maximum absolute atomic E-state index is 12.4. The lowest BCUT2D eigenvalue weighted by Gasteiger charge is -2.14. The number of carbonyl (C=O) groups excluding carboxylic acids is 2. The summed E-state index contributed by atoms with van der Waals surface area (Å²) in [5.74, 6) is -0.798. The number of nitrogens with zero attached hydrogens (tertiary/aromatic N) is 1. The summed E-state index contributed by atoms with van der Waals surface area (Å²) < 4.78 is 0. The fourth-order valence-electron chi connectivity index (χ4n) is 2.30. The second-order valence-electron chi connectivity index (χ2n) is 5.22. The lowest BCUT2D eigenvalue weighted by molar-refractivity contribution is -0.117. The summed E-state index contributed by atoms with van der Waals surface area (Å²) >= 11 is 12.1. The van der Waals surface area contributed by atoms with Crippen LogP contribution in [-0.2, 0) is 9.59 Å². The van der Waals surface area contributed by atoms with Gasteiger partial charge < -0.3 is 11.1 Å². The first kappa shape index (κ1) is 16.5. The topological polar surface area (TPSA) is 86.3 Å². The van der Waals surface area contributed by atoms with Gasteiger partial charge in [0.2, 0.25) is 5.91 Å². The van der Waals surface area contributed by atoms with Crippen LogP contribution in [-0.4, -0.2) is 11.8 Å². The number of nitrogens with one attached hydrogen (secondary N) is 1. The van der Waals surface area contributed by atoms with Crippen LogP contribution in [0.25, 0.3) is 12.3 Å². The number of carbonyl (C=O) groups is 2. The number of fused-ring (bicyclic) bond motifs is 1. The Morgan fingerprint density at radius 1 is 1.17 bits per heavy atom. The van der Waals surface area contributed by atoms with Crippen molar-refractivity contribution in [1.29, 1.82) is 0 Å². The molecule has 1 atom stereocenters. The van der Waals surface area contributed by atoms with Crippen LogP contribution in [0.1, 0.15) is 11.6 Å². The SMILES string of the molecule is NC(C(=O)Nc1cc2c(cc1Cl)=C[N]C(=O)C=2)c1cccc(Cl)c1. The second-order valence-corrected chi connectivity index (χ2v) is 6.07. The fourth-order valence-corrected chi connectivity index (χ4v) is 2.72. The molecule has 0 bridgehead atoms. The van der Waals surface area contributed by atoms with E-state index in [4.69, 9.17) is 28.9 Å². The molecule has 0 saturated heterocycles. The molecule has 1 aliphatic heterocycles. The highest BCUT2D eigenvalue weighted by Gasteiger charge is 2.17. The highest BCUT2D eigenvalue weighted by atomic mass is 35.5.